The van der Waals surface area contributed by atoms with E-state index in [-0.39, 0.29) is 12.7 Å². The molecule has 1 heterocycles. The lowest BCUT2D eigenvalue weighted by molar-refractivity contribution is -0.118. The summed E-state index contributed by atoms with van der Waals surface area (Å²) in [5.74, 6) is 1.62. The number of hydrogen-bond donors (Lipinski definition) is 1. The molecule has 0 spiro atoms. The molecule has 1 aliphatic carbocycles. The van der Waals surface area contributed by atoms with E-state index in [1.807, 2.05) is 43.3 Å². The summed E-state index contributed by atoms with van der Waals surface area (Å²) in [4.78, 5) is 15.0. The van der Waals surface area contributed by atoms with Crippen molar-refractivity contribution in [2.45, 2.75) is 45.2 Å². The van der Waals surface area contributed by atoms with Gasteiger partial charge in [-0.2, -0.15) is 0 Å². The van der Waals surface area contributed by atoms with Crippen LogP contribution in [0.5, 0.6) is 11.5 Å². The molecule has 1 aliphatic heterocycles. The number of nitrogens with one attached hydrogen (secondary N) is 1. The highest BCUT2D eigenvalue weighted by Crippen LogP contribution is 2.33. The third-order valence-corrected chi connectivity index (χ3v) is 5.31. The minimum atomic E-state index is 0.0354. The number of fused-ring (bicyclic) bond motifs is 1. The van der Waals surface area contributed by atoms with Crippen molar-refractivity contribution in [1.29, 1.82) is 0 Å². The van der Waals surface area contributed by atoms with Crippen molar-refractivity contribution in [2.24, 2.45) is 0 Å². The quantitative estimate of drug-likeness (QED) is 0.836. The minimum absolute atomic E-state index is 0.0354. The lowest BCUT2D eigenvalue weighted by Gasteiger charge is -2.28. The molecule has 4 rings (SSSR count). The van der Waals surface area contributed by atoms with Crippen LogP contribution in [0.1, 0.15) is 36.8 Å². The third kappa shape index (κ3) is 4.42. The van der Waals surface area contributed by atoms with Gasteiger partial charge in [-0.3, -0.25) is 9.69 Å². The van der Waals surface area contributed by atoms with Gasteiger partial charge in [-0.05, 0) is 55.2 Å². The van der Waals surface area contributed by atoms with Gasteiger partial charge in [0.25, 0.3) is 0 Å². The summed E-state index contributed by atoms with van der Waals surface area (Å²) in [6.45, 7) is 3.44. The summed E-state index contributed by atoms with van der Waals surface area (Å²) in [6, 6.07) is 14.4. The van der Waals surface area contributed by atoms with Crippen LogP contribution in [0.15, 0.2) is 42.5 Å². The van der Waals surface area contributed by atoms with Crippen molar-refractivity contribution < 1.29 is 14.3 Å². The smallest absolute Gasteiger partial charge is 0.238 e. The molecule has 0 aromatic heterocycles. The predicted molar refractivity (Wildman–Crippen MR) is 105 cm³/mol. The summed E-state index contributed by atoms with van der Waals surface area (Å²) in [7, 11) is 0. The molecule has 1 fully saturated rings. The van der Waals surface area contributed by atoms with Crippen molar-refractivity contribution in [1.82, 2.24) is 4.90 Å². The topological polar surface area (TPSA) is 50.8 Å². The number of aryl methyl sites for hydroxylation is 1. The van der Waals surface area contributed by atoms with Crippen LogP contribution in [0.2, 0.25) is 0 Å². The molecule has 0 atom stereocenters. The molecular weight excluding hydrogens is 340 g/mol. The van der Waals surface area contributed by atoms with E-state index in [0.717, 1.165) is 47.7 Å². The van der Waals surface area contributed by atoms with E-state index >= 15 is 0 Å². The Hall–Kier alpha value is -2.53. The molecule has 5 nitrogen and oxygen atoms in total. The van der Waals surface area contributed by atoms with Crippen LogP contribution in [-0.4, -0.2) is 30.2 Å². The van der Waals surface area contributed by atoms with Crippen molar-refractivity contribution >= 4 is 11.6 Å². The molecule has 1 N–H and O–H groups in total. The normalized spacial score (nSPS) is 16.1. The number of anilines is 1. The molecule has 1 saturated carbocycles. The van der Waals surface area contributed by atoms with Crippen molar-refractivity contribution in [2.75, 3.05) is 18.7 Å². The molecule has 142 valence electrons. The molecule has 27 heavy (non-hydrogen) atoms. The van der Waals surface area contributed by atoms with E-state index in [1.54, 1.807) is 0 Å². The number of carbonyl (C=O) groups excluding carboxylic acids is 1. The Morgan fingerprint density at radius 2 is 1.93 bits per heavy atom. The molecule has 0 radical (unpaired) electrons. The predicted octanol–water partition coefficient (Wildman–Crippen LogP) is 4.11. The first-order chi connectivity index (χ1) is 13.2. The highest BCUT2D eigenvalue weighted by molar-refractivity contribution is 5.92. The highest BCUT2D eigenvalue weighted by Gasteiger charge is 2.25. The van der Waals surface area contributed by atoms with Crippen molar-refractivity contribution in [3.63, 3.8) is 0 Å². The van der Waals surface area contributed by atoms with Gasteiger partial charge in [-0.15, -0.1) is 0 Å². The SMILES string of the molecule is Cc1cccc(NC(=O)CN(Cc2ccc3c(c2)OCO3)C2CCCC2)c1. The van der Waals surface area contributed by atoms with Gasteiger partial charge in [0.1, 0.15) is 0 Å². The fraction of sp³-hybridized carbons (Fsp3) is 0.409. The zero-order chi connectivity index (χ0) is 18.6. The fourth-order valence-electron chi connectivity index (χ4n) is 3.97. The highest BCUT2D eigenvalue weighted by atomic mass is 16.7. The first kappa shape index (κ1) is 17.9. The molecule has 2 aromatic rings. The Kier molecular flexibility index (Phi) is 5.30. The van der Waals surface area contributed by atoms with E-state index in [1.165, 1.54) is 12.8 Å². The van der Waals surface area contributed by atoms with E-state index in [2.05, 4.69) is 16.3 Å². The van der Waals surface area contributed by atoms with Crippen LogP contribution in [0.4, 0.5) is 5.69 Å². The molecular formula is C22H26N2O3. The zero-order valence-corrected chi connectivity index (χ0v) is 15.7. The third-order valence-electron chi connectivity index (χ3n) is 5.31. The Morgan fingerprint density at radius 3 is 2.74 bits per heavy atom. The monoisotopic (exact) mass is 366 g/mol. The molecule has 0 bridgehead atoms. The number of nitrogens with zero attached hydrogens (tertiary/aromatic N) is 1. The lowest BCUT2D eigenvalue weighted by Crippen LogP contribution is -2.39. The molecule has 0 unspecified atom stereocenters. The zero-order valence-electron chi connectivity index (χ0n) is 15.7. The Bertz CT molecular complexity index is 815. The van der Waals surface area contributed by atoms with Gasteiger partial charge in [0.15, 0.2) is 11.5 Å². The van der Waals surface area contributed by atoms with Gasteiger partial charge in [-0.25, -0.2) is 0 Å². The van der Waals surface area contributed by atoms with Crippen LogP contribution < -0.4 is 14.8 Å². The number of amides is 1. The second-order valence-electron chi connectivity index (χ2n) is 7.45. The Morgan fingerprint density at radius 1 is 1.11 bits per heavy atom. The van der Waals surface area contributed by atoms with Gasteiger partial charge in [0.2, 0.25) is 12.7 Å². The number of rotatable bonds is 6. The average molecular weight is 366 g/mol. The fourth-order valence-corrected chi connectivity index (χ4v) is 3.97. The average Bonchev–Trinajstić information content (AvgIpc) is 3.32. The maximum Gasteiger partial charge on any atom is 0.238 e. The largest absolute Gasteiger partial charge is 0.454 e. The molecule has 2 aliphatic rings. The van der Waals surface area contributed by atoms with Gasteiger partial charge < -0.3 is 14.8 Å². The van der Waals surface area contributed by atoms with Gasteiger partial charge in [0.05, 0.1) is 6.54 Å². The number of hydrogen-bond acceptors (Lipinski definition) is 4. The van der Waals surface area contributed by atoms with Gasteiger partial charge in [-0.1, -0.05) is 31.0 Å². The summed E-state index contributed by atoms with van der Waals surface area (Å²) in [6.07, 6.45) is 4.79. The lowest BCUT2D eigenvalue weighted by atomic mass is 10.1. The molecule has 5 heteroatoms. The number of carbonyl (C=O) groups is 1. The maximum atomic E-state index is 12.7. The van der Waals surface area contributed by atoms with Crippen LogP contribution in [0.25, 0.3) is 0 Å². The Balaban J connectivity index is 1.45. The first-order valence-electron chi connectivity index (χ1n) is 9.66. The van der Waals surface area contributed by atoms with Crippen LogP contribution in [-0.2, 0) is 11.3 Å². The van der Waals surface area contributed by atoms with Crippen LogP contribution >= 0.6 is 0 Å². The van der Waals surface area contributed by atoms with Crippen molar-refractivity contribution in [3.8, 4) is 11.5 Å². The number of benzene rings is 2. The first-order valence-corrected chi connectivity index (χ1v) is 9.66. The van der Waals surface area contributed by atoms with E-state index in [9.17, 15) is 4.79 Å². The summed E-state index contributed by atoms with van der Waals surface area (Å²) in [5, 5.41) is 3.04. The summed E-state index contributed by atoms with van der Waals surface area (Å²) < 4.78 is 10.9. The maximum absolute atomic E-state index is 12.7. The van der Waals surface area contributed by atoms with E-state index in [4.69, 9.17) is 9.47 Å². The standard InChI is InChI=1S/C22H26N2O3/c1-16-5-4-6-18(11-16)23-22(25)14-24(19-7-2-3-8-19)13-17-9-10-20-21(12-17)27-15-26-20/h4-6,9-12,19H,2-3,7-8,13-15H2,1H3,(H,23,25). The minimum Gasteiger partial charge on any atom is -0.454 e. The molecule has 0 saturated heterocycles. The molecule has 1 amide bonds. The van der Waals surface area contributed by atoms with Crippen LogP contribution in [0.3, 0.4) is 0 Å². The van der Waals surface area contributed by atoms with Gasteiger partial charge in [0, 0.05) is 18.3 Å². The van der Waals surface area contributed by atoms with Gasteiger partial charge >= 0.3 is 0 Å². The Labute approximate surface area is 160 Å². The summed E-state index contributed by atoms with van der Waals surface area (Å²) in [5.41, 5.74) is 3.14. The van der Waals surface area contributed by atoms with Crippen molar-refractivity contribution in [3.05, 3.63) is 53.6 Å². The summed E-state index contributed by atoms with van der Waals surface area (Å²) >= 11 is 0. The molecule has 2 aromatic carbocycles. The van der Waals surface area contributed by atoms with Crippen LogP contribution in [0, 0.1) is 6.92 Å². The van der Waals surface area contributed by atoms with E-state index in [0.29, 0.717) is 12.6 Å². The second-order valence-corrected chi connectivity index (χ2v) is 7.45. The van der Waals surface area contributed by atoms with E-state index < -0.39 is 0 Å². The number of ether oxygens (including phenoxy) is 2. The second kappa shape index (κ2) is 8.01.